The molecule has 114 valence electrons. The Bertz CT molecular complexity index is 356. The lowest BCUT2D eigenvalue weighted by molar-refractivity contribution is -0.141. The van der Waals surface area contributed by atoms with Gasteiger partial charge in [-0.2, -0.15) is 0 Å². The zero-order valence-electron chi connectivity index (χ0n) is 13.0. The van der Waals surface area contributed by atoms with E-state index >= 15 is 0 Å². The van der Waals surface area contributed by atoms with Crippen molar-refractivity contribution < 1.29 is 19.2 Å². The van der Waals surface area contributed by atoms with Crippen molar-refractivity contribution in [3.8, 4) is 0 Å². The van der Waals surface area contributed by atoms with E-state index < -0.39 is 5.97 Å². The monoisotopic (exact) mass is 283 g/mol. The number of likely N-dealkylation sites (tertiary alicyclic amines) is 1. The standard InChI is InChI=1S/C14H26BNO4/c1-13(2)14(3,4)20-15(19-13)7-5-8-16-9-6-11(10-16)12(17)18/h11H,5-10H2,1-4H3,(H,17,18). The van der Waals surface area contributed by atoms with Crippen LogP contribution in [-0.2, 0) is 14.1 Å². The first-order valence-electron chi connectivity index (χ1n) is 7.52. The van der Waals surface area contributed by atoms with E-state index in [1.807, 2.05) is 0 Å². The SMILES string of the molecule is CC1(C)OB(CCCN2CCC(C(=O)O)C2)OC1(C)C. The minimum atomic E-state index is -0.668. The van der Waals surface area contributed by atoms with Gasteiger partial charge in [-0.25, -0.2) is 0 Å². The molecule has 0 radical (unpaired) electrons. The van der Waals surface area contributed by atoms with Gasteiger partial charge in [-0.1, -0.05) is 0 Å². The van der Waals surface area contributed by atoms with Crippen LogP contribution in [0.2, 0.25) is 6.32 Å². The van der Waals surface area contributed by atoms with Gasteiger partial charge in [0.15, 0.2) is 0 Å². The number of hydrogen-bond donors (Lipinski definition) is 1. The van der Waals surface area contributed by atoms with Gasteiger partial charge < -0.3 is 19.3 Å². The first-order chi connectivity index (χ1) is 9.21. The zero-order chi connectivity index (χ0) is 15.0. The molecule has 0 aliphatic carbocycles. The van der Waals surface area contributed by atoms with Crippen LogP contribution in [0, 0.1) is 5.92 Å². The highest BCUT2D eigenvalue weighted by atomic mass is 16.7. The summed E-state index contributed by atoms with van der Waals surface area (Å²) in [5.74, 6) is -0.856. The van der Waals surface area contributed by atoms with Crippen LogP contribution in [0.3, 0.4) is 0 Å². The summed E-state index contributed by atoms with van der Waals surface area (Å²) in [4.78, 5) is 13.1. The van der Waals surface area contributed by atoms with Crippen LogP contribution in [0.4, 0.5) is 0 Å². The summed E-state index contributed by atoms with van der Waals surface area (Å²) >= 11 is 0. The molecule has 0 bridgehead atoms. The fourth-order valence-electron chi connectivity index (χ4n) is 2.80. The Balaban J connectivity index is 1.69. The average molecular weight is 283 g/mol. The third kappa shape index (κ3) is 3.35. The maximum absolute atomic E-state index is 10.9. The van der Waals surface area contributed by atoms with Crippen molar-refractivity contribution >= 4 is 13.1 Å². The van der Waals surface area contributed by atoms with Crippen molar-refractivity contribution in [2.45, 2.75) is 58.1 Å². The lowest BCUT2D eigenvalue weighted by atomic mass is 9.83. The second-order valence-electron chi connectivity index (χ2n) is 6.95. The second-order valence-corrected chi connectivity index (χ2v) is 6.95. The lowest BCUT2D eigenvalue weighted by Gasteiger charge is -2.32. The Morgan fingerprint density at radius 2 is 1.90 bits per heavy atom. The summed E-state index contributed by atoms with van der Waals surface area (Å²) in [5.41, 5.74) is -0.528. The van der Waals surface area contributed by atoms with Crippen LogP contribution in [0.15, 0.2) is 0 Å². The van der Waals surface area contributed by atoms with E-state index in [2.05, 4.69) is 32.6 Å². The maximum atomic E-state index is 10.9. The van der Waals surface area contributed by atoms with Crippen LogP contribution >= 0.6 is 0 Å². The third-order valence-corrected chi connectivity index (χ3v) is 4.84. The molecule has 2 aliphatic rings. The number of rotatable bonds is 5. The molecule has 5 nitrogen and oxygen atoms in total. The number of hydrogen-bond acceptors (Lipinski definition) is 4. The van der Waals surface area contributed by atoms with Crippen LogP contribution in [0.1, 0.15) is 40.5 Å². The lowest BCUT2D eigenvalue weighted by Crippen LogP contribution is -2.41. The van der Waals surface area contributed by atoms with E-state index in [-0.39, 0.29) is 24.2 Å². The molecule has 0 spiro atoms. The molecule has 0 aromatic rings. The molecule has 2 heterocycles. The molecular formula is C14H26BNO4. The molecule has 2 saturated heterocycles. The molecule has 1 atom stereocenters. The van der Waals surface area contributed by atoms with Crippen molar-refractivity contribution in [2.75, 3.05) is 19.6 Å². The molecule has 1 unspecified atom stereocenters. The average Bonchev–Trinajstić information content (AvgIpc) is 2.83. The van der Waals surface area contributed by atoms with E-state index in [1.165, 1.54) is 0 Å². The fourth-order valence-corrected chi connectivity index (χ4v) is 2.80. The first kappa shape index (κ1) is 15.8. The molecule has 0 aromatic heterocycles. The number of carbonyl (C=O) groups is 1. The van der Waals surface area contributed by atoms with Gasteiger partial charge in [-0.3, -0.25) is 4.79 Å². The van der Waals surface area contributed by atoms with Crippen molar-refractivity contribution in [3.63, 3.8) is 0 Å². The van der Waals surface area contributed by atoms with Gasteiger partial charge in [0, 0.05) is 6.54 Å². The van der Waals surface area contributed by atoms with Crippen molar-refractivity contribution in [1.29, 1.82) is 0 Å². The zero-order valence-corrected chi connectivity index (χ0v) is 13.0. The highest BCUT2D eigenvalue weighted by Gasteiger charge is 2.50. The topological polar surface area (TPSA) is 59.0 Å². The van der Waals surface area contributed by atoms with E-state index in [4.69, 9.17) is 14.4 Å². The number of aliphatic carboxylic acids is 1. The van der Waals surface area contributed by atoms with Gasteiger partial charge in [0.05, 0.1) is 17.1 Å². The van der Waals surface area contributed by atoms with Crippen LogP contribution in [0.5, 0.6) is 0 Å². The van der Waals surface area contributed by atoms with Gasteiger partial charge in [0.2, 0.25) is 0 Å². The number of carboxylic acid groups (broad SMARTS) is 1. The van der Waals surface area contributed by atoms with Crippen molar-refractivity contribution in [2.24, 2.45) is 5.92 Å². The molecular weight excluding hydrogens is 257 g/mol. The fraction of sp³-hybridized carbons (Fsp3) is 0.929. The van der Waals surface area contributed by atoms with Crippen LogP contribution in [0.25, 0.3) is 0 Å². The van der Waals surface area contributed by atoms with Crippen LogP contribution < -0.4 is 0 Å². The molecule has 0 aromatic carbocycles. The number of carboxylic acids is 1. The van der Waals surface area contributed by atoms with E-state index in [9.17, 15) is 4.79 Å². The quantitative estimate of drug-likeness (QED) is 0.781. The maximum Gasteiger partial charge on any atom is 0.457 e. The predicted molar refractivity (Wildman–Crippen MR) is 77.7 cm³/mol. The largest absolute Gasteiger partial charge is 0.481 e. The first-order valence-corrected chi connectivity index (χ1v) is 7.52. The van der Waals surface area contributed by atoms with Gasteiger partial charge in [-0.15, -0.1) is 0 Å². The minimum absolute atomic E-state index is 0.141. The Hall–Kier alpha value is -0.585. The third-order valence-electron chi connectivity index (χ3n) is 4.84. The molecule has 2 rings (SSSR count). The van der Waals surface area contributed by atoms with E-state index in [0.29, 0.717) is 6.54 Å². The summed E-state index contributed by atoms with van der Waals surface area (Å²) in [7, 11) is -0.141. The summed E-state index contributed by atoms with van der Waals surface area (Å²) in [6.45, 7) is 10.7. The second kappa shape index (κ2) is 5.66. The Morgan fingerprint density at radius 1 is 1.30 bits per heavy atom. The molecule has 20 heavy (non-hydrogen) atoms. The summed E-state index contributed by atoms with van der Waals surface area (Å²) < 4.78 is 11.9. The number of nitrogens with zero attached hydrogens (tertiary/aromatic N) is 1. The molecule has 2 fully saturated rings. The van der Waals surface area contributed by atoms with E-state index in [0.717, 1.165) is 32.3 Å². The molecule has 0 saturated carbocycles. The molecule has 0 amide bonds. The van der Waals surface area contributed by atoms with E-state index in [1.54, 1.807) is 0 Å². The van der Waals surface area contributed by atoms with Gasteiger partial charge in [0.25, 0.3) is 0 Å². The van der Waals surface area contributed by atoms with Crippen LogP contribution in [-0.4, -0.2) is 53.9 Å². The Kier molecular flexibility index (Phi) is 4.47. The molecule has 6 heteroatoms. The summed E-state index contributed by atoms with van der Waals surface area (Å²) in [6, 6.07) is 0. The Labute approximate surface area is 121 Å². The van der Waals surface area contributed by atoms with Crippen molar-refractivity contribution in [3.05, 3.63) is 0 Å². The summed E-state index contributed by atoms with van der Waals surface area (Å²) in [5, 5.41) is 8.98. The smallest absolute Gasteiger partial charge is 0.457 e. The van der Waals surface area contributed by atoms with Gasteiger partial charge in [0.1, 0.15) is 0 Å². The Morgan fingerprint density at radius 3 is 2.40 bits per heavy atom. The van der Waals surface area contributed by atoms with Gasteiger partial charge >= 0.3 is 13.1 Å². The minimum Gasteiger partial charge on any atom is -0.481 e. The predicted octanol–water partition coefficient (Wildman–Crippen LogP) is 1.88. The highest BCUT2D eigenvalue weighted by Crippen LogP contribution is 2.37. The highest BCUT2D eigenvalue weighted by molar-refractivity contribution is 6.45. The summed E-state index contributed by atoms with van der Waals surface area (Å²) in [6.07, 6.45) is 2.61. The molecule has 2 aliphatic heterocycles. The van der Waals surface area contributed by atoms with Gasteiger partial charge in [-0.05, 0) is 59.9 Å². The normalized spacial score (nSPS) is 29.0. The molecule has 1 N–H and O–H groups in total. The van der Waals surface area contributed by atoms with Crippen molar-refractivity contribution in [1.82, 2.24) is 4.90 Å².